The first-order valence-electron chi connectivity index (χ1n) is 5.47. The molecule has 0 atom stereocenters. The molecule has 3 nitrogen and oxygen atoms in total. The lowest BCUT2D eigenvalue weighted by Gasteiger charge is -1.98. The van der Waals surface area contributed by atoms with E-state index in [9.17, 15) is 4.39 Å². The minimum absolute atomic E-state index is 0.215. The third-order valence-electron chi connectivity index (χ3n) is 2.66. The van der Waals surface area contributed by atoms with Gasteiger partial charge in [0, 0.05) is 5.56 Å². The largest absolute Gasteiger partial charge is 0.258 e. The molecule has 5 heteroatoms. The molecule has 18 heavy (non-hydrogen) atoms. The predicted molar refractivity (Wildman–Crippen MR) is 69.8 cm³/mol. The molecule has 2 heterocycles. The SMILES string of the molecule is Cc1cc(-c2n[nH]c(-c3cccs3)n2)ccc1F. The van der Waals surface area contributed by atoms with E-state index in [2.05, 4.69) is 15.2 Å². The monoisotopic (exact) mass is 259 g/mol. The topological polar surface area (TPSA) is 41.6 Å². The molecule has 1 aromatic carbocycles. The number of hydrogen-bond acceptors (Lipinski definition) is 3. The van der Waals surface area contributed by atoms with Crippen molar-refractivity contribution in [1.29, 1.82) is 0 Å². The molecule has 0 fully saturated rings. The first kappa shape index (κ1) is 11.1. The van der Waals surface area contributed by atoms with Gasteiger partial charge in [0.15, 0.2) is 11.6 Å². The van der Waals surface area contributed by atoms with Crippen molar-refractivity contribution in [2.24, 2.45) is 0 Å². The molecule has 2 aromatic heterocycles. The molecule has 0 unspecified atom stereocenters. The summed E-state index contributed by atoms with van der Waals surface area (Å²) in [7, 11) is 0. The number of benzene rings is 1. The zero-order valence-corrected chi connectivity index (χ0v) is 10.5. The summed E-state index contributed by atoms with van der Waals surface area (Å²) < 4.78 is 13.2. The molecule has 0 amide bonds. The Morgan fingerprint density at radius 1 is 1.28 bits per heavy atom. The smallest absolute Gasteiger partial charge is 0.181 e. The molecule has 0 radical (unpaired) electrons. The average Bonchev–Trinajstić information content (AvgIpc) is 3.01. The van der Waals surface area contributed by atoms with Gasteiger partial charge in [0.1, 0.15) is 5.82 Å². The predicted octanol–water partition coefficient (Wildman–Crippen LogP) is 3.65. The third kappa shape index (κ3) is 1.93. The summed E-state index contributed by atoms with van der Waals surface area (Å²) >= 11 is 1.60. The maximum Gasteiger partial charge on any atom is 0.181 e. The summed E-state index contributed by atoms with van der Waals surface area (Å²) in [6, 6.07) is 8.81. The first-order chi connectivity index (χ1) is 8.74. The second-order valence-electron chi connectivity index (χ2n) is 3.95. The summed E-state index contributed by atoms with van der Waals surface area (Å²) in [5.74, 6) is 1.11. The van der Waals surface area contributed by atoms with Crippen molar-refractivity contribution in [3.8, 4) is 22.1 Å². The van der Waals surface area contributed by atoms with Gasteiger partial charge in [0.05, 0.1) is 4.88 Å². The van der Waals surface area contributed by atoms with E-state index in [1.165, 1.54) is 6.07 Å². The summed E-state index contributed by atoms with van der Waals surface area (Å²) in [6.07, 6.45) is 0. The summed E-state index contributed by atoms with van der Waals surface area (Å²) in [5, 5.41) is 9.04. The van der Waals surface area contributed by atoms with Crippen LogP contribution in [0.15, 0.2) is 35.7 Å². The van der Waals surface area contributed by atoms with Crippen LogP contribution in [0.1, 0.15) is 5.56 Å². The number of H-pyrrole nitrogens is 1. The molecular formula is C13H10FN3S. The van der Waals surface area contributed by atoms with Crippen LogP contribution >= 0.6 is 11.3 Å². The van der Waals surface area contributed by atoms with Gasteiger partial charge >= 0.3 is 0 Å². The fourth-order valence-corrected chi connectivity index (χ4v) is 2.36. The molecule has 0 aliphatic rings. The Bertz CT molecular complexity index is 673. The Labute approximate surface area is 107 Å². The lowest BCUT2D eigenvalue weighted by molar-refractivity contribution is 0.618. The van der Waals surface area contributed by atoms with Gasteiger partial charge in [-0.1, -0.05) is 6.07 Å². The zero-order chi connectivity index (χ0) is 12.5. The fraction of sp³-hybridized carbons (Fsp3) is 0.0769. The highest BCUT2D eigenvalue weighted by atomic mass is 32.1. The van der Waals surface area contributed by atoms with E-state index in [0.717, 1.165) is 16.3 Å². The number of thiophene rings is 1. The Morgan fingerprint density at radius 2 is 2.17 bits per heavy atom. The number of hydrogen-bond donors (Lipinski definition) is 1. The van der Waals surface area contributed by atoms with E-state index >= 15 is 0 Å². The maximum absolute atomic E-state index is 13.2. The lowest BCUT2D eigenvalue weighted by Crippen LogP contribution is -1.86. The highest BCUT2D eigenvalue weighted by molar-refractivity contribution is 7.13. The van der Waals surface area contributed by atoms with Crippen molar-refractivity contribution in [3.05, 3.63) is 47.1 Å². The van der Waals surface area contributed by atoms with Gasteiger partial charge in [-0.05, 0) is 42.1 Å². The summed E-state index contributed by atoms with van der Waals surface area (Å²) in [5.41, 5.74) is 1.41. The molecule has 0 saturated heterocycles. The number of rotatable bonds is 2. The number of nitrogens with zero attached hydrogens (tertiary/aromatic N) is 2. The highest BCUT2D eigenvalue weighted by Crippen LogP contribution is 2.24. The molecule has 0 spiro atoms. The number of halogens is 1. The first-order valence-corrected chi connectivity index (χ1v) is 6.35. The van der Waals surface area contributed by atoms with Gasteiger partial charge in [-0.3, -0.25) is 5.10 Å². The van der Waals surface area contributed by atoms with E-state index in [1.54, 1.807) is 30.4 Å². The quantitative estimate of drug-likeness (QED) is 0.763. The highest BCUT2D eigenvalue weighted by Gasteiger charge is 2.09. The van der Waals surface area contributed by atoms with Gasteiger partial charge in [-0.25, -0.2) is 9.37 Å². The van der Waals surface area contributed by atoms with E-state index in [1.807, 2.05) is 17.5 Å². The summed E-state index contributed by atoms with van der Waals surface area (Å²) in [4.78, 5) is 5.45. The van der Waals surface area contributed by atoms with Crippen molar-refractivity contribution in [3.63, 3.8) is 0 Å². The Hall–Kier alpha value is -2.01. The van der Waals surface area contributed by atoms with Gasteiger partial charge in [0.25, 0.3) is 0 Å². The van der Waals surface area contributed by atoms with Crippen molar-refractivity contribution >= 4 is 11.3 Å². The molecule has 3 rings (SSSR count). The van der Waals surface area contributed by atoms with Crippen LogP contribution in [0.4, 0.5) is 4.39 Å². The molecule has 1 N–H and O–H groups in total. The van der Waals surface area contributed by atoms with E-state index in [0.29, 0.717) is 11.4 Å². The fourth-order valence-electron chi connectivity index (χ4n) is 1.70. The van der Waals surface area contributed by atoms with Gasteiger partial charge in [-0.2, -0.15) is 5.10 Å². The van der Waals surface area contributed by atoms with E-state index < -0.39 is 0 Å². The number of nitrogens with one attached hydrogen (secondary N) is 1. The number of aromatic nitrogens is 3. The minimum Gasteiger partial charge on any atom is -0.258 e. The van der Waals surface area contributed by atoms with E-state index in [4.69, 9.17) is 0 Å². The number of aromatic amines is 1. The molecule has 0 saturated carbocycles. The molecular weight excluding hydrogens is 249 g/mol. The molecule has 3 aromatic rings. The van der Waals surface area contributed by atoms with Crippen LogP contribution in [0.2, 0.25) is 0 Å². The van der Waals surface area contributed by atoms with Gasteiger partial charge in [0.2, 0.25) is 0 Å². The van der Waals surface area contributed by atoms with Crippen LogP contribution < -0.4 is 0 Å². The van der Waals surface area contributed by atoms with Crippen LogP contribution in [0.5, 0.6) is 0 Å². The minimum atomic E-state index is -0.215. The molecule has 90 valence electrons. The van der Waals surface area contributed by atoms with Crippen molar-refractivity contribution < 1.29 is 4.39 Å². The Morgan fingerprint density at radius 3 is 2.89 bits per heavy atom. The number of aryl methyl sites for hydroxylation is 1. The third-order valence-corrected chi connectivity index (χ3v) is 3.53. The van der Waals surface area contributed by atoms with Crippen molar-refractivity contribution in [2.75, 3.05) is 0 Å². The van der Waals surface area contributed by atoms with Gasteiger partial charge < -0.3 is 0 Å². The lowest BCUT2D eigenvalue weighted by atomic mass is 10.1. The second-order valence-corrected chi connectivity index (χ2v) is 4.90. The van der Waals surface area contributed by atoms with Crippen LogP contribution in [0.3, 0.4) is 0 Å². The van der Waals surface area contributed by atoms with Crippen LogP contribution in [-0.4, -0.2) is 15.2 Å². The van der Waals surface area contributed by atoms with E-state index in [-0.39, 0.29) is 5.82 Å². The van der Waals surface area contributed by atoms with Crippen molar-refractivity contribution in [2.45, 2.75) is 6.92 Å². The summed E-state index contributed by atoms with van der Waals surface area (Å²) in [6.45, 7) is 1.73. The van der Waals surface area contributed by atoms with Crippen LogP contribution in [0, 0.1) is 12.7 Å². The Balaban J connectivity index is 2.00. The maximum atomic E-state index is 13.2. The van der Waals surface area contributed by atoms with Crippen LogP contribution in [0.25, 0.3) is 22.1 Å². The standard InChI is InChI=1S/C13H10FN3S/c1-8-7-9(4-5-10(8)14)12-15-13(17-16-12)11-3-2-6-18-11/h2-7H,1H3,(H,15,16,17). The average molecular weight is 259 g/mol. The molecule has 0 aliphatic heterocycles. The second kappa shape index (κ2) is 4.34. The molecule has 0 aliphatic carbocycles. The molecule has 0 bridgehead atoms. The zero-order valence-electron chi connectivity index (χ0n) is 9.64. The van der Waals surface area contributed by atoms with Crippen LogP contribution in [-0.2, 0) is 0 Å². The normalized spacial score (nSPS) is 10.8. The Kier molecular flexibility index (Phi) is 2.68. The van der Waals surface area contributed by atoms with Crippen molar-refractivity contribution in [1.82, 2.24) is 15.2 Å². The van der Waals surface area contributed by atoms with Gasteiger partial charge in [-0.15, -0.1) is 11.3 Å².